The molecular weight excluding hydrogens is 661 g/mol. The van der Waals surface area contributed by atoms with Gasteiger partial charge in [-0.3, -0.25) is 19.5 Å². The number of aromatic nitrogens is 2. The number of aryl methyl sites for hydroxylation is 1. The highest BCUT2D eigenvalue weighted by Crippen LogP contribution is 2.36. The predicted octanol–water partition coefficient (Wildman–Crippen LogP) is 6.66. The van der Waals surface area contributed by atoms with E-state index in [1.54, 1.807) is 30.5 Å². The third kappa shape index (κ3) is 6.61. The van der Waals surface area contributed by atoms with Crippen LogP contribution in [-0.2, 0) is 9.53 Å². The summed E-state index contributed by atoms with van der Waals surface area (Å²) in [5.74, 6) is 0.0665. The van der Waals surface area contributed by atoms with Gasteiger partial charge in [-0.1, -0.05) is 41.3 Å². The average molecular weight is 695 g/mol. The number of fused-ring (bicyclic) bond motifs is 1. The quantitative estimate of drug-likeness (QED) is 0.0911. The number of para-hydroxylation sites is 1. The monoisotopic (exact) mass is 694 g/mol. The van der Waals surface area contributed by atoms with Gasteiger partial charge < -0.3 is 14.0 Å². The molecule has 0 saturated carbocycles. The highest BCUT2D eigenvalue weighted by atomic mass is 32.2. The minimum absolute atomic E-state index is 0.0607. The summed E-state index contributed by atoms with van der Waals surface area (Å²) in [5.41, 5.74) is 5.10. The zero-order chi connectivity index (χ0) is 34.8. The summed E-state index contributed by atoms with van der Waals surface area (Å²) < 4.78 is 15.6. The van der Waals surface area contributed by atoms with Crippen LogP contribution in [0.4, 0.5) is 5.69 Å². The van der Waals surface area contributed by atoms with Gasteiger partial charge in [-0.25, -0.2) is 9.79 Å². The molecule has 0 fully saturated rings. The van der Waals surface area contributed by atoms with E-state index in [1.807, 2.05) is 81.4 Å². The van der Waals surface area contributed by atoms with Crippen LogP contribution in [0, 0.1) is 24.0 Å². The van der Waals surface area contributed by atoms with Crippen LogP contribution in [0.3, 0.4) is 0 Å². The Morgan fingerprint density at radius 3 is 2.33 bits per heavy atom. The number of esters is 1. The smallest absolute Gasteiger partial charge is 0.338 e. The van der Waals surface area contributed by atoms with E-state index in [4.69, 9.17) is 14.5 Å². The fourth-order valence-corrected chi connectivity index (χ4v) is 7.84. The minimum Gasteiger partial charge on any atom is -0.494 e. The number of hydrogen-bond donors (Lipinski definition) is 0. The Bertz CT molecular complexity index is 2280. The number of hydrogen-bond acceptors (Lipinski definition) is 9. The van der Waals surface area contributed by atoms with E-state index < -0.39 is 16.9 Å². The molecule has 0 saturated heterocycles. The van der Waals surface area contributed by atoms with Gasteiger partial charge in [0.25, 0.3) is 11.2 Å². The van der Waals surface area contributed by atoms with Crippen LogP contribution in [0.15, 0.2) is 110 Å². The maximum atomic E-state index is 14.2. The van der Waals surface area contributed by atoms with Crippen molar-refractivity contribution in [2.24, 2.45) is 4.99 Å². The number of nitro groups is 1. The Balaban J connectivity index is 1.38. The number of carbonyl (C=O) groups excluding carboxylic acids is 1. The third-order valence-electron chi connectivity index (χ3n) is 8.17. The molecule has 0 amide bonds. The molecule has 0 aliphatic carbocycles. The van der Waals surface area contributed by atoms with Crippen LogP contribution in [0.5, 0.6) is 5.75 Å². The highest BCUT2D eigenvalue weighted by molar-refractivity contribution is 7.99. The van der Waals surface area contributed by atoms with Gasteiger partial charge in [-0.2, -0.15) is 0 Å². The maximum Gasteiger partial charge on any atom is 0.338 e. The SMILES string of the molecule is CCOC(=O)C1=C(C)N=c2s/c(=C\c3cc(C)n(-c4ccc(Sc5ccc([N+](=O)[O-])cc5)cc4)c3C)c(=O)n2[C@@H]1c1ccccc1OCC. The van der Waals surface area contributed by atoms with Gasteiger partial charge in [0.1, 0.15) is 11.8 Å². The van der Waals surface area contributed by atoms with Crippen molar-refractivity contribution >= 4 is 40.8 Å². The summed E-state index contributed by atoms with van der Waals surface area (Å²) in [6.07, 6.45) is 1.89. The maximum absolute atomic E-state index is 14.2. The van der Waals surface area contributed by atoms with E-state index in [1.165, 1.54) is 35.2 Å². The van der Waals surface area contributed by atoms with Crippen molar-refractivity contribution in [1.29, 1.82) is 0 Å². The first-order valence-corrected chi connectivity index (χ1v) is 17.4. The van der Waals surface area contributed by atoms with Gasteiger partial charge in [0.15, 0.2) is 4.80 Å². The number of carbonyl (C=O) groups is 1. The molecule has 0 bridgehead atoms. The van der Waals surface area contributed by atoms with E-state index in [2.05, 4.69) is 4.57 Å². The lowest BCUT2D eigenvalue weighted by Crippen LogP contribution is -2.40. The summed E-state index contributed by atoms with van der Waals surface area (Å²) in [6.45, 7) is 10.1. The van der Waals surface area contributed by atoms with Crippen molar-refractivity contribution in [2.45, 2.75) is 50.5 Å². The van der Waals surface area contributed by atoms with Gasteiger partial charge in [-0.15, -0.1) is 0 Å². The molecule has 10 nitrogen and oxygen atoms in total. The van der Waals surface area contributed by atoms with Crippen LogP contribution in [0.2, 0.25) is 0 Å². The summed E-state index contributed by atoms with van der Waals surface area (Å²) in [6, 6.07) is 23.3. The van der Waals surface area contributed by atoms with Crippen LogP contribution < -0.4 is 19.6 Å². The zero-order valence-electron chi connectivity index (χ0n) is 27.6. The first kappa shape index (κ1) is 33.7. The van der Waals surface area contributed by atoms with E-state index in [0.717, 1.165) is 32.4 Å². The molecule has 6 rings (SSSR count). The van der Waals surface area contributed by atoms with Crippen molar-refractivity contribution in [3.8, 4) is 11.4 Å². The minimum atomic E-state index is -0.769. The summed E-state index contributed by atoms with van der Waals surface area (Å²) in [4.78, 5) is 45.2. The van der Waals surface area contributed by atoms with Crippen molar-refractivity contribution in [2.75, 3.05) is 13.2 Å². The van der Waals surface area contributed by atoms with Crippen LogP contribution in [0.1, 0.15) is 49.3 Å². The first-order chi connectivity index (χ1) is 23.6. The summed E-state index contributed by atoms with van der Waals surface area (Å²) in [5, 5.41) is 11.0. The highest BCUT2D eigenvalue weighted by Gasteiger charge is 2.35. The number of ether oxygens (including phenoxy) is 2. The topological polar surface area (TPSA) is 118 Å². The van der Waals surface area contributed by atoms with E-state index in [9.17, 15) is 19.7 Å². The second kappa shape index (κ2) is 14.1. The van der Waals surface area contributed by atoms with Crippen molar-refractivity contribution < 1.29 is 19.2 Å². The van der Waals surface area contributed by atoms with Gasteiger partial charge in [0, 0.05) is 44.6 Å². The van der Waals surface area contributed by atoms with Crippen LogP contribution in [0.25, 0.3) is 11.8 Å². The molecule has 5 aromatic rings. The molecule has 0 unspecified atom stereocenters. The molecule has 1 aliphatic heterocycles. The summed E-state index contributed by atoms with van der Waals surface area (Å²) in [7, 11) is 0. The van der Waals surface area contributed by atoms with Crippen LogP contribution in [-0.4, -0.2) is 33.2 Å². The van der Waals surface area contributed by atoms with Gasteiger partial charge in [0.2, 0.25) is 0 Å². The third-order valence-corrected chi connectivity index (χ3v) is 10.2. The lowest BCUT2D eigenvalue weighted by atomic mass is 9.95. The number of nitro benzene ring substituents is 1. The number of thiazole rings is 1. The second-order valence-corrected chi connectivity index (χ2v) is 13.4. The number of nitrogens with zero attached hydrogens (tertiary/aromatic N) is 4. The molecule has 0 N–H and O–H groups in total. The number of allylic oxidation sites excluding steroid dienone is 1. The van der Waals surface area contributed by atoms with Gasteiger partial charge in [0.05, 0.1) is 33.9 Å². The number of benzene rings is 3. The molecule has 1 atom stereocenters. The number of rotatable bonds is 10. The standard InChI is InChI=1S/C37H34N4O6S2/c1-6-46-31-11-9-8-10-30(31)34-33(36(43)47-7-2)23(4)38-37-40(34)35(42)32(49-37)21-25-20-22(3)39(24(25)5)26-12-16-28(17-13-26)48-29-18-14-27(15-19-29)41(44)45/h8-21,34H,6-7H2,1-5H3/b32-21-/t34-/m1/s1. The Kier molecular flexibility index (Phi) is 9.70. The fourth-order valence-electron chi connectivity index (χ4n) is 5.99. The molecule has 12 heteroatoms. The largest absolute Gasteiger partial charge is 0.494 e. The summed E-state index contributed by atoms with van der Waals surface area (Å²) >= 11 is 2.81. The Labute approximate surface area is 290 Å². The molecule has 0 spiro atoms. The van der Waals surface area contributed by atoms with Gasteiger partial charge >= 0.3 is 5.97 Å². The van der Waals surface area contributed by atoms with Crippen LogP contribution >= 0.6 is 23.1 Å². The number of non-ortho nitro benzene ring substituents is 1. The molecule has 0 radical (unpaired) electrons. The zero-order valence-corrected chi connectivity index (χ0v) is 29.3. The average Bonchev–Trinajstić information content (AvgIpc) is 3.54. The molecule has 2 aromatic heterocycles. The van der Waals surface area contributed by atoms with Crippen molar-refractivity contribution in [3.63, 3.8) is 0 Å². The second-order valence-electron chi connectivity index (χ2n) is 11.3. The van der Waals surface area contributed by atoms with Gasteiger partial charge in [-0.05, 0) is 94.8 Å². The molecule has 1 aliphatic rings. The molecule has 250 valence electrons. The molecular formula is C37H34N4O6S2. The van der Waals surface area contributed by atoms with Crippen molar-refractivity contribution in [1.82, 2.24) is 9.13 Å². The molecule has 49 heavy (non-hydrogen) atoms. The van der Waals surface area contributed by atoms with E-state index in [-0.39, 0.29) is 17.9 Å². The van der Waals surface area contributed by atoms with Crippen molar-refractivity contribution in [3.05, 3.63) is 142 Å². The Morgan fingerprint density at radius 2 is 1.67 bits per heavy atom. The lowest BCUT2D eigenvalue weighted by molar-refractivity contribution is -0.384. The predicted molar refractivity (Wildman–Crippen MR) is 190 cm³/mol. The fraction of sp³-hybridized carbons (Fsp3) is 0.216. The normalized spacial score (nSPS) is 14.4. The first-order valence-electron chi connectivity index (χ1n) is 15.7. The van der Waals surface area contributed by atoms with E-state index >= 15 is 0 Å². The Hall–Kier alpha value is -5.20. The lowest BCUT2D eigenvalue weighted by Gasteiger charge is -2.26. The molecule has 3 heterocycles. The van der Waals surface area contributed by atoms with E-state index in [0.29, 0.717) is 38.5 Å². The molecule has 3 aromatic carbocycles. The Morgan fingerprint density at radius 1 is 1.00 bits per heavy atom.